The molecule has 3 aromatic rings. The van der Waals surface area contributed by atoms with Crippen molar-refractivity contribution in [1.29, 1.82) is 0 Å². The number of ketones is 1. The van der Waals surface area contributed by atoms with Crippen LogP contribution in [0.4, 0.5) is 4.39 Å². The highest BCUT2D eigenvalue weighted by Crippen LogP contribution is 2.27. The van der Waals surface area contributed by atoms with Crippen molar-refractivity contribution < 1.29 is 13.9 Å². The molecule has 0 amide bonds. The van der Waals surface area contributed by atoms with E-state index in [2.05, 4.69) is 4.98 Å². The van der Waals surface area contributed by atoms with Crippen molar-refractivity contribution in [3.8, 4) is 5.75 Å². The number of fused-ring (bicyclic) bond motifs is 1. The number of aromatic nitrogens is 1. The van der Waals surface area contributed by atoms with Crippen molar-refractivity contribution in [2.24, 2.45) is 0 Å². The maximum atomic E-state index is 13.6. The molecule has 0 saturated heterocycles. The van der Waals surface area contributed by atoms with E-state index in [9.17, 15) is 9.18 Å². The second kappa shape index (κ2) is 6.05. The van der Waals surface area contributed by atoms with Crippen LogP contribution in [-0.4, -0.2) is 17.9 Å². The molecule has 118 valence electrons. The highest BCUT2D eigenvalue weighted by molar-refractivity contribution is 6.30. The quantitative estimate of drug-likeness (QED) is 0.704. The zero-order valence-electron chi connectivity index (χ0n) is 12.7. The first-order valence-electron chi connectivity index (χ1n) is 7.12. The van der Waals surface area contributed by atoms with Crippen LogP contribution in [0.3, 0.4) is 0 Å². The first kappa shape index (κ1) is 15.6. The average molecular weight is 332 g/mol. The van der Waals surface area contributed by atoms with Crippen molar-refractivity contribution in [1.82, 2.24) is 4.98 Å². The van der Waals surface area contributed by atoms with Gasteiger partial charge in [-0.1, -0.05) is 17.7 Å². The van der Waals surface area contributed by atoms with E-state index in [0.29, 0.717) is 27.4 Å². The Kier molecular flexibility index (Phi) is 4.09. The molecule has 1 heterocycles. The second-order valence-electron chi connectivity index (χ2n) is 5.41. The van der Waals surface area contributed by atoms with Gasteiger partial charge in [0, 0.05) is 39.7 Å². The number of hydrogen-bond donors (Lipinski definition) is 1. The Morgan fingerprint density at radius 3 is 2.83 bits per heavy atom. The van der Waals surface area contributed by atoms with Gasteiger partial charge in [-0.05, 0) is 36.8 Å². The molecule has 1 aromatic heterocycles. The maximum absolute atomic E-state index is 13.6. The fourth-order valence-electron chi connectivity index (χ4n) is 2.61. The molecule has 0 unspecified atom stereocenters. The van der Waals surface area contributed by atoms with Gasteiger partial charge in [-0.3, -0.25) is 4.79 Å². The number of hydrogen-bond acceptors (Lipinski definition) is 2. The number of ether oxygens (including phenoxy) is 1. The van der Waals surface area contributed by atoms with Crippen LogP contribution in [-0.2, 0) is 6.42 Å². The number of aryl methyl sites for hydroxylation is 1. The maximum Gasteiger partial charge on any atom is 0.169 e. The topological polar surface area (TPSA) is 42.1 Å². The number of halogens is 2. The average Bonchev–Trinajstić information content (AvgIpc) is 2.92. The van der Waals surface area contributed by atoms with E-state index in [4.69, 9.17) is 16.3 Å². The summed E-state index contributed by atoms with van der Waals surface area (Å²) in [7, 11) is 1.54. The van der Waals surface area contributed by atoms with E-state index in [1.807, 2.05) is 0 Å². The van der Waals surface area contributed by atoms with Gasteiger partial charge in [0.15, 0.2) is 5.78 Å². The van der Waals surface area contributed by atoms with Crippen LogP contribution in [0.5, 0.6) is 5.75 Å². The minimum absolute atomic E-state index is 0.0668. The summed E-state index contributed by atoms with van der Waals surface area (Å²) in [6.45, 7) is 1.68. The Balaban J connectivity index is 1.97. The molecule has 3 rings (SSSR count). The summed E-state index contributed by atoms with van der Waals surface area (Å²) in [4.78, 5) is 15.6. The lowest BCUT2D eigenvalue weighted by Crippen LogP contribution is -2.04. The summed E-state index contributed by atoms with van der Waals surface area (Å²) in [5.41, 5.74) is 2.42. The van der Waals surface area contributed by atoms with Crippen molar-refractivity contribution in [3.05, 3.63) is 64.1 Å². The van der Waals surface area contributed by atoms with Gasteiger partial charge in [0.25, 0.3) is 0 Å². The van der Waals surface area contributed by atoms with Crippen LogP contribution in [0.15, 0.2) is 36.5 Å². The Morgan fingerprint density at radius 1 is 1.30 bits per heavy atom. The van der Waals surface area contributed by atoms with Gasteiger partial charge in [0.05, 0.1) is 7.11 Å². The molecule has 3 nitrogen and oxygen atoms in total. The molecule has 0 aliphatic carbocycles. The molecular weight excluding hydrogens is 317 g/mol. The predicted molar refractivity (Wildman–Crippen MR) is 89.0 cm³/mol. The van der Waals surface area contributed by atoms with Gasteiger partial charge in [-0.25, -0.2) is 4.39 Å². The van der Waals surface area contributed by atoms with E-state index in [0.717, 1.165) is 10.9 Å². The smallest absolute Gasteiger partial charge is 0.169 e. The first-order valence-corrected chi connectivity index (χ1v) is 7.50. The van der Waals surface area contributed by atoms with E-state index in [1.165, 1.54) is 13.2 Å². The minimum atomic E-state index is -0.294. The summed E-state index contributed by atoms with van der Waals surface area (Å²) in [5, 5.41) is 1.28. The molecule has 5 heteroatoms. The number of Topliss-reactive ketones (excluding diaryl/α,β-unsaturated/α-hetero) is 1. The third kappa shape index (κ3) is 2.94. The van der Waals surface area contributed by atoms with Crippen LogP contribution in [0.2, 0.25) is 5.02 Å². The number of carbonyl (C=O) groups excluding carboxylic acids is 1. The largest absolute Gasteiger partial charge is 0.496 e. The number of methoxy groups -OCH3 is 1. The summed E-state index contributed by atoms with van der Waals surface area (Å²) in [6, 6.07) is 8.27. The molecule has 0 atom stereocenters. The van der Waals surface area contributed by atoms with E-state index in [1.54, 1.807) is 37.4 Å². The lowest BCUT2D eigenvalue weighted by molar-refractivity contribution is 0.0993. The molecule has 0 spiro atoms. The minimum Gasteiger partial charge on any atom is -0.496 e. The summed E-state index contributed by atoms with van der Waals surface area (Å²) < 4.78 is 18.9. The zero-order chi connectivity index (χ0) is 16.6. The van der Waals surface area contributed by atoms with Gasteiger partial charge >= 0.3 is 0 Å². The fourth-order valence-corrected chi connectivity index (χ4v) is 2.78. The number of nitrogens with one attached hydrogen (secondary N) is 1. The molecule has 23 heavy (non-hydrogen) atoms. The molecular formula is C18H15ClFNO2. The Hall–Kier alpha value is -2.33. The molecule has 2 aromatic carbocycles. The van der Waals surface area contributed by atoms with Crippen LogP contribution in [0.1, 0.15) is 21.5 Å². The first-order chi connectivity index (χ1) is 11.0. The molecule has 1 N–H and O–H groups in total. The number of rotatable bonds is 4. The summed E-state index contributed by atoms with van der Waals surface area (Å²) >= 11 is 5.94. The van der Waals surface area contributed by atoms with Crippen LogP contribution in [0, 0.1) is 12.7 Å². The lowest BCUT2D eigenvalue weighted by Gasteiger charge is -2.08. The van der Waals surface area contributed by atoms with Crippen LogP contribution in [0.25, 0.3) is 10.9 Å². The van der Waals surface area contributed by atoms with Crippen molar-refractivity contribution in [2.45, 2.75) is 13.3 Å². The van der Waals surface area contributed by atoms with Gasteiger partial charge < -0.3 is 9.72 Å². The predicted octanol–water partition coefficient (Wildman–Crippen LogP) is 4.70. The Bertz CT molecular complexity index is 901. The lowest BCUT2D eigenvalue weighted by atomic mass is 10.0. The van der Waals surface area contributed by atoms with Gasteiger partial charge in [0.1, 0.15) is 11.6 Å². The second-order valence-corrected chi connectivity index (χ2v) is 5.84. The molecule has 0 bridgehead atoms. The fraction of sp³-hybridized carbons (Fsp3) is 0.167. The molecule has 0 radical (unpaired) electrons. The van der Waals surface area contributed by atoms with E-state index >= 15 is 0 Å². The van der Waals surface area contributed by atoms with Crippen molar-refractivity contribution in [2.75, 3.05) is 7.11 Å². The molecule has 0 aliphatic rings. The zero-order valence-corrected chi connectivity index (χ0v) is 13.5. The summed E-state index contributed by atoms with van der Waals surface area (Å²) in [6.07, 6.45) is 1.80. The SMILES string of the molecule is COc1cc(Cl)ccc1CC(=O)c1c[nH]c2cc(F)c(C)cc12. The van der Waals surface area contributed by atoms with Crippen LogP contribution >= 0.6 is 11.6 Å². The highest BCUT2D eigenvalue weighted by atomic mass is 35.5. The standard InChI is InChI=1S/C18H15ClFNO2/c1-10-5-13-14(9-21-16(13)8-15(10)20)17(22)6-11-3-4-12(19)7-18(11)23-2/h3-5,7-9,21H,6H2,1-2H3. The number of benzene rings is 2. The number of aromatic amines is 1. The van der Waals surface area contributed by atoms with Gasteiger partial charge in [-0.15, -0.1) is 0 Å². The van der Waals surface area contributed by atoms with E-state index in [-0.39, 0.29) is 18.0 Å². The Labute approximate surface area is 138 Å². The normalized spacial score (nSPS) is 11.0. The summed E-state index contributed by atoms with van der Waals surface area (Å²) in [5.74, 6) is 0.216. The van der Waals surface area contributed by atoms with E-state index < -0.39 is 0 Å². The Morgan fingerprint density at radius 2 is 2.09 bits per heavy atom. The third-order valence-electron chi connectivity index (χ3n) is 3.86. The van der Waals surface area contributed by atoms with Gasteiger partial charge in [0.2, 0.25) is 0 Å². The molecule has 0 fully saturated rings. The number of H-pyrrole nitrogens is 1. The van der Waals surface area contributed by atoms with Crippen molar-refractivity contribution in [3.63, 3.8) is 0 Å². The van der Waals surface area contributed by atoms with Crippen LogP contribution < -0.4 is 4.74 Å². The molecule has 0 aliphatic heterocycles. The third-order valence-corrected chi connectivity index (χ3v) is 4.10. The highest BCUT2D eigenvalue weighted by Gasteiger charge is 2.16. The molecule has 0 saturated carbocycles. The number of carbonyl (C=O) groups is 1. The van der Waals surface area contributed by atoms with Gasteiger partial charge in [-0.2, -0.15) is 0 Å². The monoisotopic (exact) mass is 331 g/mol. The van der Waals surface area contributed by atoms with Crippen molar-refractivity contribution >= 4 is 28.3 Å².